The average Bonchev–Trinajstić information content (AvgIpc) is 3.25. The third kappa shape index (κ3) is 3.51. The van der Waals surface area contributed by atoms with Crippen molar-refractivity contribution in [1.82, 2.24) is 9.97 Å². The number of pyridine rings is 1. The first-order chi connectivity index (χ1) is 14.1. The maximum absolute atomic E-state index is 9.62. The molecule has 7 heteroatoms. The van der Waals surface area contributed by atoms with Gasteiger partial charge in [-0.25, -0.2) is 4.98 Å². The number of ether oxygens (including phenoxy) is 2. The van der Waals surface area contributed by atoms with Crippen LogP contribution in [0, 0.1) is 0 Å². The third-order valence-electron chi connectivity index (χ3n) is 6.00. The SMILES string of the molecule is OC[C@@H]1C[C@H](Oc2cc3nc(-c4ccc(C5(CO)CC5)cc4)c(Cl)cc3[nH]2)CO1. The van der Waals surface area contributed by atoms with E-state index >= 15 is 0 Å². The topological polar surface area (TPSA) is 87.6 Å². The maximum Gasteiger partial charge on any atom is 0.193 e. The van der Waals surface area contributed by atoms with Crippen molar-refractivity contribution < 1.29 is 19.7 Å². The van der Waals surface area contributed by atoms with Crippen LogP contribution in [-0.2, 0) is 10.2 Å². The molecule has 0 radical (unpaired) electrons. The summed E-state index contributed by atoms with van der Waals surface area (Å²) >= 11 is 6.51. The first kappa shape index (κ1) is 18.9. The van der Waals surface area contributed by atoms with Crippen LogP contribution in [0.1, 0.15) is 24.8 Å². The van der Waals surface area contributed by atoms with Crippen molar-refractivity contribution in [3.63, 3.8) is 0 Å². The summed E-state index contributed by atoms with van der Waals surface area (Å²) in [4.78, 5) is 7.94. The highest BCUT2D eigenvalue weighted by molar-refractivity contribution is 6.33. The van der Waals surface area contributed by atoms with Gasteiger partial charge in [0.25, 0.3) is 0 Å². The van der Waals surface area contributed by atoms with Crippen LogP contribution in [0.25, 0.3) is 22.3 Å². The van der Waals surface area contributed by atoms with E-state index in [1.54, 1.807) is 0 Å². The van der Waals surface area contributed by atoms with E-state index in [0.717, 1.165) is 35.1 Å². The van der Waals surface area contributed by atoms with Crippen LogP contribution in [0.15, 0.2) is 36.4 Å². The van der Waals surface area contributed by atoms with E-state index < -0.39 is 0 Å². The van der Waals surface area contributed by atoms with Gasteiger partial charge in [-0.05, 0) is 24.5 Å². The summed E-state index contributed by atoms with van der Waals surface area (Å²) < 4.78 is 11.4. The number of rotatable bonds is 6. The van der Waals surface area contributed by atoms with Crippen molar-refractivity contribution in [3.05, 3.63) is 47.0 Å². The van der Waals surface area contributed by atoms with Gasteiger partial charge in [-0.1, -0.05) is 35.9 Å². The van der Waals surface area contributed by atoms with Gasteiger partial charge >= 0.3 is 0 Å². The van der Waals surface area contributed by atoms with Crippen molar-refractivity contribution >= 4 is 22.6 Å². The molecule has 0 bridgehead atoms. The Morgan fingerprint density at radius 3 is 2.66 bits per heavy atom. The zero-order valence-electron chi connectivity index (χ0n) is 15.9. The molecule has 6 nitrogen and oxygen atoms in total. The van der Waals surface area contributed by atoms with E-state index in [9.17, 15) is 10.2 Å². The van der Waals surface area contributed by atoms with Gasteiger partial charge in [-0.2, -0.15) is 0 Å². The average molecular weight is 415 g/mol. The highest BCUT2D eigenvalue weighted by Gasteiger charge is 2.43. The number of H-pyrrole nitrogens is 1. The molecule has 29 heavy (non-hydrogen) atoms. The molecule has 2 fully saturated rings. The van der Waals surface area contributed by atoms with Crippen LogP contribution in [0.3, 0.4) is 0 Å². The number of halogens is 1. The zero-order valence-corrected chi connectivity index (χ0v) is 16.7. The number of aliphatic hydroxyl groups excluding tert-OH is 2. The fraction of sp³-hybridized carbons (Fsp3) is 0.409. The lowest BCUT2D eigenvalue weighted by molar-refractivity contribution is 0.0531. The van der Waals surface area contributed by atoms with Gasteiger partial charge in [-0.15, -0.1) is 0 Å². The molecule has 2 aliphatic rings. The number of benzene rings is 1. The Morgan fingerprint density at radius 1 is 1.21 bits per heavy atom. The Kier molecular flexibility index (Phi) is 4.75. The molecular weight excluding hydrogens is 392 g/mol. The lowest BCUT2D eigenvalue weighted by atomic mass is 9.95. The maximum atomic E-state index is 9.62. The number of aliphatic hydroxyl groups is 2. The number of nitrogens with one attached hydrogen (secondary N) is 1. The number of fused-ring (bicyclic) bond motifs is 1. The third-order valence-corrected chi connectivity index (χ3v) is 6.29. The highest BCUT2D eigenvalue weighted by atomic mass is 35.5. The minimum Gasteiger partial charge on any atom is -0.473 e. The Hall–Kier alpha value is -2.12. The Labute approximate surface area is 173 Å². The predicted molar refractivity (Wildman–Crippen MR) is 110 cm³/mol. The molecule has 3 aromatic rings. The first-order valence-electron chi connectivity index (χ1n) is 9.90. The molecule has 3 N–H and O–H groups in total. The molecule has 2 aromatic heterocycles. The Morgan fingerprint density at radius 2 is 2.00 bits per heavy atom. The fourth-order valence-electron chi connectivity index (χ4n) is 4.00. The van der Waals surface area contributed by atoms with Crippen LogP contribution in [0.4, 0.5) is 0 Å². The van der Waals surface area contributed by atoms with E-state index in [-0.39, 0.29) is 30.8 Å². The molecular formula is C22H23ClN2O4. The van der Waals surface area contributed by atoms with Gasteiger partial charge in [0.2, 0.25) is 0 Å². The van der Waals surface area contributed by atoms with Crippen molar-refractivity contribution in [2.45, 2.75) is 36.9 Å². The largest absolute Gasteiger partial charge is 0.473 e. The van der Waals surface area contributed by atoms with E-state index in [1.807, 2.05) is 24.3 Å². The number of aromatic nitrogens is 2. The smallest absolute Gasteiger partial charge is 0.193 e. The lowest BCUT2D eigenvalue weighted by Gasteiger charge is -2.13. The molecule has 1 aromatic carbocycles. The summed E-state index contributed by atoms with van der Waals surface area (Å²) in [5, 5.41) is 19.4. The molecule has 1 aliphatic carbocycles. The summed E-state index contributed by atoms with van der Waals surface area (Å²) in [5.41, 5.74) is 4.35. The van der Waals surface area contributed by atoms with Gasteiger partial charge in [0.05, 0.1) is 47.7 Å². The Balaban J connectivity index is 1.39. The van der Waals surface area contributed by atoms with Gasteiger partial charge < -0.3 is 24.7 Å². The summed E-state index contributed by atoms with van der Waals surface area (Å²) in [5.74, 6) is 0.613. The second-order valence-electron chi connectivity index (χ2n) is 8.01. The second-order valence-corrected chi connectivity index (χ2v) is 8.42. The van der Waals surface area contributed by atoms with E-state index in [4.69, 9.17) is 26.1 Å². The quantitative estimate of drug-likeness (QED) is 0.575. The number of nitrogens with zero attached hydrogens (tertiary/aromatic N) is 1. The van der Waals surface area contributed by atoms with Crippen LogP contribution >= 0.6 is 11.6 Å². The molecule has 5 rings (SSSR count). The van der Waals surface area contributed by atoms with Gasteiger partial charge in [0.15, 0.2) is 5.88 Å². The molecule has 1 saturated heterocycles. The minimum absolute atomic E-state index is 0.00526. The zero-order chi connectivity index (χ0) is 20.0. The standard InChI is InChI=1S/C22H23ClN2O4/c23-17-8-18-19(9-20(24-18)29-16-7-15(10-26)28-11-16)25-21(17)13-1-3-14(4-2-13)22(12-27)5-6-22/h1-4,8-9,15-16,24,26-27H,5-7,10-12H2/t15-,16-/m0/s1. The van der Waals surface area contributed by atoms with Gasteiger partial charge in [0.1, 0.15) is 6.10 Å². The first-order valence-corrected chi connectivity index (χ1v) is 10.3. The van der Waals surface area contributed by atoms with Crippen molar-refractivity contribution in [3.8, 4) is 17.1 Å². The van der Waals surface area contributed by atoms with Crippen LogP contribution in [-0.4, -0.2) is 52.2 Å². The highest BCUT2D eigenvalue weighted by Crippen LogP contribution is 2.48. The van der Waals surface area contributed by atoms with E-state index in [1.165, 1.54) is 5.56 Å². The molecule has 2 atom stereocenters. The molecule has 0 unspecified atom stereocenters. The van der Waals surface area contributed by atoms with E-state index in [0.29, 0.717) is 23.9 Å². The second kappa shape index (κ2) is 7.29. The monoisotopic (exact) mass is 414 g/mol. The predicted octanol–water partition coefficient (Wildman–Crippen LogP) is 3.44. The number of hydrogen-bond donors (Lipinski definition) is 3. The molecule has 3 heterocycles. The summed E-state index contributed by atoms with van der Waals surface area (Å²) in [6.07, 6.45) is 2.47. The number of aromatic amines is 1. The number of hydrogen-bond acceptors (Lipinski definition) is 5. The van der Waals surface area contributed by atoms with Crippen LogP contribution < -0.4 is 4.74 Å². The molecule has 1 aliphatic heterocycles. The van der Waals surface area contributed by atoms with Crippen molar-refractivity contribution in [2.75, 3.05) is 19.8 Å². The normalized spacial score (nSPS) is 22.9. The van der Waals surface area contributed by atoms with Gasteiger partial charge in [0, 0.05) is 23.5 Å². The molecule has 0 amide bonds. The summed E-state index contributed by atoms with van der Waals surface area (Å²) in [7, 11) is 0. The van der Waals surface area contributed by atoms with Gasteiger partial charge in [-0.3, -0.25) is 0 Å². The lowest BCUT2D eigenvalue weighted by Crippen LogP contribution is -2.17. The summed E-state index contributed by atoms with van der Waals surface area (Å²) in [6, 6.07) is 11.9. The molecule has 152 valence electrons. The minimum atomic E-state index is -0.160. The van der Waals surface area contributed by atoms with E-state index in [2.05, 4.69) is 17.1 Å². The van der Waals surface area contributed by atoms with Crippen LogP contribution in [0.2, 0.25) is 5.02 Å². The van der Waals surface area contributed by atoms with Crippen molar-refractivity contribution in [1.29, 1.82) is 0 Å². The van der Waals surface area contributed by atoms with Crippen LogP contribution in [0.5, 0.6) is 5.88 Å². The Bertz CT molecular complexity index is 1030. The molecule has 1 saturated carbocycles. The van der Waals surface area contributed by atoms with Crippen molar-refractivity contribution in [2.24, 2.45) is 0 Å². The fourth-order valence-corrected chi connectivity index (χ4v) is 4.26. The summed E-state index contributed by atoms with van der Waals surface area (Å²) in [6.45, 7) is 0.654. The molecule has 0 spiro atoms.